The predicted octanol–water partition coefficient (Wildman–Crippen LogP) is 7.93. The van der Waals surface area contributed by atoms with Gasteiger partial charge in [0.15, 0.2) is 5.82 Å². The first-order valence-corrected chi connectivity index (χ1v) is 14.8. The number of halogens is 1. The number of anilines is 2. The largest absolute Gasteiger partial charge is 0.497 e. The first-order chi connectivity index (χ1) is 19.4. The van der Waals surface area contributed by atoms with Crippen LogP contribution in [0, 0.1) is 13.8 Å². The Morgan fingerprint density at radius 3 is 2.55 bits per heavy atom. The third kappa shape index (κ3) is 4.90. The molecule has 6 rings (SSSR count). The standard InChI is InChI=1S/C32H32BrN5OS/c1-20-7-6-9-27(21(20)2)35-31(40)30-29(22-10-12-23(33)13-11-22)26-8-4-5-18-37-28(36-38(30)32(26)37)19-34-24-14-16-25(39-3)17-15-24/h6-7,9-17,34H,4-5,8,18-19H2,1-3H3,(H,35,40). The highest BCUT2D eigenvalue weighted by atomic mass is 79.9. The quantitative estimate of drug-likeness (QED) is 0.183. The van der Waals surface area contributed by atoms with Gasteiger partial charge in [0.1, 0.15) is 22.1 Å². The van der Waals surface area contributed by atoms with Crippen molar-refractivity contribution in [2.75, 3.05) is 17.7 Å². The van der Waals surface area contributed by atoms with Crippen molar-refractivity contribution in [1.29, 1.82) is 0 Å². The van der Waals surface area contributed by atoms with Gasteiger partial charge in [-0.15, -0.1) is 0 Å². The van der Waals surface area contributed by atoms with Gasteiger partial charge in [0, 0.05) is 33.5 Å². The lowest BCUT2D eigenvalue weighted by Crippen LogP contribution is -2.16. The average molecular weight is 615 g/mol. The number of nitrogens with zero attached hydrogens (tertiary/aromatic N) is 3. The second-order valence-corrected chi connectivity index (χ2v) is 11.6. The van der Waals surface area contributed by atoms with Gasteiger partial charge in [-0.25, -0.2) is 4.52 Å². The van der Waals surface area contributed by atoms with E-state index in [9.17, 15) is 0 Å². The SMILES string of the molecule is COc1ccc(NCc2nn3c(C(=S)Nc4cccc(C)c4C)c(-c4ccc(Br)cc4)c4c3n2CCCC4)cc1. The van der Waals surface area contributed by atoms with E-state index in [1.807, 2.05) is 24.3 Å². The summed E-state index contributed by atoms with van der Waals surface area (Å²) in [6.07, 6.45) is 3.21. The van der Waals surface area contributed by atoms with E-state index >= 15 is 0 Å². The lowest BCUT2D eigenvalue weighted by Gasteiger charge is -2.14. The monoisotopic (exact) mass is 613 g/mol. The second kappa shape index (κ2) is 11.1. The average Bonchev–Trinajstić information content (AvgIpc) is 3.36. The van der Waals surface area contributed by atoms with Crippen molar-refractivity contribution < 1.29 is 4.74 Å². The van der Waals surface area contributed by atoms with Crippen molar-refractivity contribution in [2.24, 2.45) is 0 Å². The van der Waals surface area contributed by atoms with Crippen LogP contribution in [0.25, 0.3) is 16.8 Å². The third-order valence-electron chi connectivity index (χ3n) is 7.80. The van der Waals surface area contributed by atoms with Gasteiger partial charge in [-0.05, 0) is 92.3 Å². The predicted molar refractivity (Wildman–Crippen MR) is 171 cm³/mol. The van der Waals surface area contributed by atoms with Gasteiger partial charge in [0.2, 0.25) is 0 Å². The van der Waals surface area contributed by atoms with Crippen LogP contribution in [0.2, 0.25) is 0 Å². The molecular weight excluding hydrogens is 582 g/mol. The molecule has 0 amide bonds. The van der Waals surface area contributed by atoms with Crippen molar-refractivity contribution in [3.63, 3.8) is 0 Å². The van der Waals surface area contributed by atoms with Gasteiger partial charge in [-0.2, -0.15) is 5.10 Å². The molecule has 3 heterocycles. The first kappa shape index (κ1) is 26.6. The van der Waals surface area contributed by atoms with Crippen molar-refractivity contribution in [3.8, 4) is 16.9 Å². The van der Waals surface area contributed by atoms with Crippen molar-refractivity contribution in [2.45, 2.75) is 46.2 Å². The van der Waals surface area contributed by atoms with Gasteiger partial charge in [0.05, 0.1) is 13.7 Å². The van der Waals surface area contributed by atoms with Gasteiger partial charge < -0.3 is 19.9 Å². The number of hydrogen-bond donors (Lipinski definition) is 2. The van der Waals surface area contributed by atoms with Crippen LogP contribution in [0.3, 0.4) is 0 Å². The summed E-state index contributed by atoms with van der Waals surface area (Å²) < 4.78 is 10.8. The minimum Gasteiger partial charge on any atom is -0.497 e. The summed E-state index contributed by atoms with van der Waals surface area (Å²) in [5.41, 5.74) is 10.2. The number of rotatable bonds is 7. The summed E-state index contributed by atoms with van der Waals surface area (Å²) in [7, 11) is 1.68. The molecule has 2 aromatic heterocycles. The van der Waals surface area contributed by atoms with E-state index in [1.54, 1.807) is 7.11 Å². The van der Waals surface area contributed by atoms with Crippen molar-refractivity contribution >= 4 is 50.2 Å². The molecule has 0 bridgehead atoms. The van der Waals surface area contributed by atoms with Crippen molar-refractivity contribution in [1.82, 2.24) is 14.2 Å². The summed E-state index contributed by atoms with van der Waals surface area (Å²) in [5, 5.41) is 12.3. The highest BCUT2D eigenvalue weighted by molar-refractivity contribution is 9.10. The minimum atomic E-state index is 0.609. The summed E-state index contributed by atoms with van der Waals surface area (Å²) in [4.78, 5) is 0.674. The van der Waals surface area contributed by atoms with Crippen LogP contribution in [0.15, 0.2) is 71.2 Å². The molecule has 0 radical (unpaired) electrons. The number of hydrogen-bond acceptors (Lipinski definition) is 4. The van der Waals surface area contributed by atoms with Crippen LogP contribution in [0.4, 0.5) is 11.4 Å². The van der Waals surface area contributed by atoms with E-state index in [-0.39, 0.29) is 0 Å². The van der Waals surface area contributed by atoms with E-state index in [0.29, 0.717) is 11.5 Å². The first-order valence-electron chi connectivity index (χ1n) is 13.6. The molecule has 1 aliphatic heterocycles. The minimum absolute atomic E-state index is 0.609. The Bertz CT molecular complexity index is 1700. The maximum Gasteiger partial charge on any atom is 0.150 e. The number of nitrogens with one attached hydrogen (secondary N) is 2. The van der Waals surface area contributed by atoms with Gasteiger partial charge in [-0.3, -0.25) is 0 Å². The Morgan fingerprint density at radius 2 is 1.80 bits per heavy atom. The topological polar surface area (TPSA) is 55.5 Å². The summed E-state index contributed by atoms with van der Waals surface area (Å²) in [6, 6.07) is 22.8. The zero-order chi connectivity index (χ0) is 27.8. The fraction of sp³-hybridized carbons (Fsp3) is 0.250. The Hall–Kier alpha value is -3.62. The Morgan fingerprint density at radius 1 is 1.02 bits per heavy atom. The molecule has 40 heavy (non-hydrogen) atoms. The highest BCUT2D eigenvalue weighted by Crippen LogP contribution is 2.38. The molecule has 0 spiro atoms. The van der Waals surface area contributed by atoms with Crippen LogP contribution in [-0.2, 0) is 19.5 Å². The maximum absolute atomic E-state index is 6.16. The maximum atomic E-state index is 6.16. The number of aryl methyl sites for hydroxylation is 3. The van der Waals surface area contributed by atoms with Crippen LogP contribution in [0.5, 0.6) is 5.75 Å². The smallest absolute Gasteiger partial charge is 0.150 e. The molecule has 0 fully saturated rings. The number of aromatic nitrogens is 3. The molecule has 0 atom stereocenters. The molecule has 0 saturated heterocycles. The Labute approximate surface area is 248 Å². The van der Waals surface area contributed by atoms with Crippen molar-refractivity contribution in [3.05, 3.63) is 99.4 Å². The molecule has 0 unspecified atom stereocenters. The lowest BCUT2D eigenvalue weighted by atomic mass is 9.98. The zero-order valence-corrected chi connectivity index (χ0v) is 25.3. The van der Waals surface area contributed by atoms with Crippen LogP contribution in [-0.4, -0.2) is 26.3 Å². The van der Waals surface area contributed by atoms with Gasteiger partial charge in [0.25, 0.3) is 0 Å². The summed E-state index contributed by atoms with van der Waals surface area (Å²) >= 11 is 9.76. The normalized spacial score (nSPS) is 12.8. The third-order valence-corrected chi connectivity index (χ3v) is 8.63. The molecule has 5 aromatic rings. The fourth-order valence-electron chi connectivity index (χ4n) is 5.53. The molecule has 2 N–H and O–H groups in total. The van der Waals surface area contributed by atoms with E-state index < -0.39 is 0 Å². The van der Waals surface area contributed by atoms with E-state index in [0.717, 1.165) is 70.1 Å². The molecule has 0 saturated carbocycles. The lowest BCUT2D eigenvalue weighted by molar-refractivity contribution is 0.415. The number of thiocarbonyl (C=S) groups is 1. The summed E-state index contributed by atoms with van der Waals surface area (Å²) in [6.45, 7) is 5.79. The van der Waals surface area contributed by atoms with Crippen LogP contribution in [0.1, 0.15) is 41.1 Å². The molecule has 204 valence electrons. The molecule has 1 aliphatic rings. The van der Waals surface area contributed by atoms with Gasteiger partial charge in [-0.1, -0.05) is 52.4 Å². The van der Waals surface area contributed by atoms with Gasteiger partial charge >= 0.3 is 0 Å². The molecular formula is C32H32BrN5OS. The second-order valence-electron chi connectivity index (χ2n) is 10.3. The van der Waals surface area contributed by atoms with E-state index in [2.05, 4.69) is 92.0 Å². The van der Waals surface area contributed by atoms with E-state index in [1.165, 1.54) is 22.3 Å². The Balaban J connectivity index is 1.47. The molecule has 8 heteroatoms. The molecule has 6 nitrogen and oxygen atoms in total. The zero-order valence-electron chi connectivity index (χ0n) is 22.9. The van der Waals surface area contributed by atoms with Crippen LogP contribution < -0.4 is 15.4 Å². The van der Waals surface area contributed by atoms with E-state index in [4.69, 9.17) is 22.1 Å². The van der Waals surface area contributed by atoms with Crippen LogP contribution >= 0.6 is 28.1 Å². The number of benzene rings is 3. The Kier molecular flexibility index (Phi) is 7.38. The number of methoxy groups -OCH3 is 1. The summed E-state index contributed by atoms with van der Waals surface area (Å²) in [5.74, 6) is 1.83. The number of ether oxygens (including phenoxy) is 1. The molecule has 3 aromatic carbocycles. The molecule has 0 aliphatic carbocycles. The fourth-order valence-corrected chi connectivity index (χ4v) is 6.09. The highest BCUT2D eigenvalue weighted by Gasteiger charge is 2.29.